The summed E-state index contributed by atoms with van der Waals surface area (Å²) in [7, 11) is 1.85. The Morgan fingerprint density at radius 3 is 2.21 bits per heavy atom. The maximum absolute atomic E-state index is 11.8. The van der Waals surface area contributed by atoms with Crippen LogP contribution in [0.25, 0.3) is 0 Å². The van der Waals surface area contributed by atoms with E-state index in [0.29, 0.717) is 12.6 Å². The summed E-state index contributed by atoms with van der Waals surface area (Å²) in [5.41, 5.74) is 0. The Bertz CT molecular complexity index is 438. The Morgan fingerprint density at radius 2 is 1.71 bits per heavy atom. The molecular formula is C19H33N3O2. The lowest BCUT2D eigenvalue weighted by atomic mass is 9.86. The van der Waals surface area contributed by atoms with Crippen LogP contribution >= 0.6 is 0 Å². The van der Waals surface area contributed by atoms with Gasteiger partial charge in [0.05, 0.1) is 12.5 Å². The van der Waals surface area contributed by atoms with Crippen molar-refractivity contribution in [2.75, 3.05) is 20.2 Å². The lowest BCUT2D eigenvalue weighted by Gasteiger charge is -2.29. The summed E-state index contributed by atoms with van der Waals surface area (Å²) in [6.07, 6.45) is 9.55. The first kappa shape index (κ1) is 17.6. The molecule has 5 nitrogen and oxygen atoms in total. The average Bonchev–Trinajstić information content (AvgIpc) is 3.48. The van der Waals surface area contributed by atoms with Crippen LogP contribution in [0.1, 0.15) is 58.3 Å². The largest absolute Gasteiger partial charge is 0.466 e. The highest BCUT2D eigenvalue weighted by Crippen LogP contribution is 2.48. The number of nitrogens with zero attached hydrogens (tertiary/aromatic N) is 1. The predicted octanol–water partition coefficient (Wildman–Crippen LogP) is 2.71. The van der Waals surface area contributed by atoms with Gasteiger partial charge < -0.3 is 15.4 Å². The number of ether oxygens (including phenoxy) is 1. The predicted molar refractivity (Wildman–Crippen MR) is 95.8 cm³/mol. The number of aliphatic imine (C=N–C) groups is 1. The third-order valence-electron chi connectivity index (χ3n) is 5.87. The first-order chi connectivity index (χ1) is 11.7. The zero-order valence-electron chi connectivity index (χ0n) is 15.2. The van der Waals surface area contributed by atoms with E-state index in [9.17, 15) is 4.79 Å². The van der Waals surface area contributed by atoms with Crippen molar-refractivity contribution in [1.29, 1.82) is 0 Å². The number of hydrogen-bond donors (Lipinski definition) is 2. The summed E-state index contributed by atoms with van der Waals surface area (Å²) in [5.74, 6) is 3.78. The Kier molecular flexibility index (Phi) is 6.01. The number of hydrogen-bond acceptors (Lipinski definition) is 3. The van der Waals surface area contributed by atoms with Gasteiger partial charge in [0.2, 0.25) is 0 Å². The topological polar surface area (TPSA) is 62.7 Å². The Hall–Kier alpha value is -1.26. The molecule has 0 heterocycles. The third-order valence-corrected chi connectivity index (χ3v) is 5.87. The van der Waals surface area contributed by atoms with E-state index < -0.39 is 0 Å². The highest BCUT2D eigenvalue weighted by molar-refractivity contribution is 5.80. The van der Waals surface area contributed by atoms with Gasteiger partial charge in [-0.1, -0.05) is 0 Å². The highest BCUT2D eigenvalue weighted by Gasteiger charge is 2.41. The summed E-state index contributed by atoms with van der Waals surface area (Å²) < 4.78 is 5.14. The van der Waals surface area contributed by atoms with E-state index in [-0.39, 0.29) is 11.9 Å². The van der Waals surface area contributed by atoms with Crippen LogP contribution in [0.5, 0.6) is 0 Å². The van der Waals surface area contributed by atoms with Gasteiger partial charge in [0, 0.05) is 19.6 Å². The summed E-state index contributed by atoms with van der Waals surface area (Å²) in [6, 6.07) is 0.419. The Balaban J connectivity index is 1.39. The molecule has 3 rings (SSSR count). The number of carbonyl (C=O) groups is 1. The second-order valence-corrected chi connectivity index (χ2v) is 7.74. The molecule has 0 amide bonds. The van der Waals surface area contributed by atoms with Crippen LogP contribution in [0.2, 0.25) is 0 Å². The van der Waals surface area contributed by atoms with Gasteiger partial charge in [-0.2, -0.15) is 0 Å². The van der Waals surface area contributed by atoms with Gasteiger partial charge in [0.15, 0.2) is 5.96 Å². The molecule has 3 saturated carbocycles. The Labute approximate surface area is 146 Å². The molecule has 3 aliphatic carbocycles. The van der Waals surface area contributed by atoms with Crippen LogP contribution in [0.15, 0.2) is 4.99 Å². The molecule has 0 bridgehead atoms. The quantitative estimate of drug-likeness (QED) is 0.427. The molecule has 0 unspecified atom stereocenters. The van der Waals surface area contributed by atoms with Gasteiger partial charge >= 0.3 is 5.97 Å². The van der Waals surface area contributed by atoms with E-state index in [4.69, 9.17) is 4.74 Å². The maximum Gasteiger partial charge on any atom is 0.308 e. The molecule has 3 fully saturated rings. The van der Waals surface area contributed by atoms with Crippen LogP contribution < -0.4 is 10.6 Å². The van der Waals surface area contributed by atoms with Crippen LogP contribution in [0.4, 0.5) is 0 Å². The van der Waals surface area contributed by atoms with E-state index in [0.717, 1.165) is 55.9 Å². The summed E-state index contributed by atoms with van der Waals surface area (Å²) >= 11 is 0. The summed E-state index contributed by atoms with van der Waals surface area (Å²) in [5, 5.41) is 7.12. The van der Waals surface area contributed by atoms with Crippen LogP contribution in [-0.4, -0.2) is 38.2 Å². The summed E-state index contributed by atoms with van der Waals surface area (Å²) in [4.78, 5) is 16.2. The van der Waals surface area contributed by atoms with Gasteiger partial charge in [-0.05, 0) is 76.0 Å². The molecular weight excluding hydrogens is 302 g/mol. The van der Waals surface area contributed by atoms with E-state index in [1.54, 1.807) is 0 Å². The minimum Gasteiger partial charge on any atom is -0.466 e. The first-order valence-electron chi connectivity index (χ1n) is 9.85. The maximum atomic E-state index is 11.8. The van der Waals surface area contributed by atoms with Gasteiger partial charge in [-0.15, -0.1) is 0 Å². The number of nitrogens with one attached hydrogen (secondary N) is 2. The zero-order chi connectivity index (χ0) is 16.9. The van der Waals surface area contributed by atoms with Crippen molar-refractivity contribution in [2.45, 2.75) is 64.3 Å². The molecule has 5 heteroatoms. The van der Waals surface area contributed by atoms with Crippen molar-refractivity contribution in [3.63, 3.8) is 0 Å². The molecule has 0 aromatic heterocycles. The molecule has 3 aliphatic rings. The minimum absolute atomic E-state index is 0.0184. The molecule has 0 aromatic carbocycles. The lowest BCUT2D eigenvalue weighted by Crippen LogP contribution is -2.46. The fraction of sp³-hybridized carbons (Fsp3) is 0.895. The van der Waals surface area contributed by atoms with Gasteiger partial charge in [-0.3, -0.25) is 9.79 Å². The van der Waals surface area contributed by atoms with Crippen LogP contribution in [0.3, 0.4) is 0 Å². The van der Waals surface area contributed by atoms with Crippen LogP contribution in [-0.2, 0) is 9.53 Å². The van der Waals surface area contributed by atoms with E-state index in [1.807, 2.05) is 14.0 Å². The monoisotopic (exact) mass is 335 g/mol. The standard InChI is InChI=1S/C19H33N3O2/c1-3-24-18(23)15-8-10-16(11-9-15)22-19(20-2)21-12-17(13-4-5-13)14-6-7-14/h13-17H,3-12H2,1-2H3,(H2,20,21,22). The first-order valence-corrected chi connectivity index (χ1v) is 9.85. The fourth-order valence-corrected chi connectivity index (χ4v) is 4.10. The van der Waals surface area contributed by atoms with Crippen LogP contribution in [0, 0.1) is 23.7 Å². The Morgan fingerprint density at radius 1 is 1.08 bits per heavy atom. The SMILES string of the molecule is CCOC(=O)C1CCC(NC(=NC)NCC(C2CC2)C2CC2)CC1. The molecule has 0 aliphatic heterocycles. The third kappa shape index (κ3) is 4.87. The normalized spacial score (nSPS) is 27.9. The molecule has 0 saturated heterocycles. The van der Waals surface area contributed by atoms with Gasteiger partial charge in [0.25, 0.3) is 0 Å². The van der Waals surface area contributed by atoms with Crippen molar-refractivity contribution >= 4 is 11.9 Å². The fourth-order valence-electron chi connectivity index (χ4n) is 4.10. The lowest BCUT2D eigenvalue weighted by molar-refractivity contribution is -0.149. The minimum atomic E-state index is -0.0184. The molecule has 0 atom stereocenters. The molecule has 2 N–H and O–H groups in total. The second-order valence-electron chi connectivity index (χ2n) is 7.74. The van der Waals surface area contributed by atoms with Crippen molar-refractivity contribution in [3.05, 3.63) is 0 Å². The van der Waals surface area contributed by atoms with Crippen molar-refractivity contribution < 1.29 is 9.53 Å². The van der Waals surface area contributed by atoms with Crippen molar-refractivity contribution in [1.82, 2.24) is 10.6 Å². The van der Waals surface area contributed by atoms with Gasteiger partial charge in [-0.25, -0.2) is 0 Å². The molecule has 24 heavy (non-hydrogen) atoms. The van der Waals surface area contributed by atoms with E-state index in [2.05, 4.69) is 15.6 Å². The molecule has 0 aromatic rings. The van der Waals surface area contributed by atoms with E-state index >= 15 is 0 Å². The average molecular weight is 335 g/mol. The summed E-state index contributed by atoms with van der Waals surface area (Å²) in [6.45, 7) is 3.42. The smallest absolute Gasteiger partial charge is 0.308 e. The zero-order valence-corrected chi connectivity index (χ0v) is 15.2. The molecule has 0 radical (unpaired) electrons. The molecule has 0 spiro atoms. The highest BCUT2D eigenvalue weighted by atomic mass is 16.5. The van der Waals surface area contributed by atoms with Gasteiger partial charge in [0.1, 0.15) is 0 Å². The number of guanidine groups is 1. The second kappa shape index (κ2) is 8.21. The van der Waals surface area contributed by atoms with Crippen molar-refractivity contribution in [3.8, 4) is 0 Å². The number of rotatable bonds is 7. The number of esters is 1. The van der Waals surface area contributed by atoms with Crippen molar-refractivity contribution in [2.24, 2.45) is 28.7 Å². The number of carbonyl (C=O) groups excluding carboxylic acids is 1. The van der Waals surface area contributed by atoms with E-state index in [1.165, 1.54) is 25.7 Å². The molecule has 136 valence electrons.